The Labute approximate surface area is 280 Å². The summed E-state index contributed by atoms with van der Waals surface area (Å²) in [5.74, 6) is 0.476. The van der Waals surface area contributed by atoms with Crippen molar-refractivity contribution in [3.8, 4) is 0 Å². The summed E-state index contributed by atoms with van der Waals surface area (Å²) >= 11 is 6.72. The second kappa shape index (κ2) is 12.3. The standard InChI is InChI=1S/C36H41ClN6O4/c1-41-22-38-21-30(41)32(40-34(44)47-36(12-13-36)24-8-9-24)29-19-23-5-4-14-39-31(23)33(27-11-10-25(37)20-28(27)29)42-15-17-43(18-16-42)35(45)46-26-6-2-3-7-26/h4-5,10-11,14,19-22,24,26,32-33H,2-3,6-9,12-13,15-18H2,1H3,(H,40,44). The molecular formula is C36H41ClN6O4. The topological polar surface area (TPSA) is 102 Å². The second-order valence-electron chi connectivity index (χ2n) is 13.8. The van der Waals surface area contributed by atoms with Crippen LogP contribution in [-0.4, -0.2) is 74.4 Å². The first-order valence-corrected chi connectivity index (χ1v) is 17.4. The molecule has 3 heterocycles. The fourth-order valence-electron chi connectivity index (χ4n) is 7.80. The Kier molecular flexibility index (Phi) is 7.96. The number of carbonyl (C=O) groups is 2. The molecule has 3 aromatic rings. The minimum atomic E-state index is -0.559. The highest BCUT2D eigenvalue weighted by Gasteiger charge is 2.57. The number of benzene rings is 1. The molecule has 8 rings (SSSR count). The zero-order valence-corrected chi connectivity index (χ0v) is 27.5. The number of hydrogen-bond acceptors (Lipinski definition) is 7. The van der Waals surface area contributed by atoms with Gasteiger partial charge in [0, 0.05) is 44.4 Å². The Morgan fingerprint density at radius 1 is 1.06 bits per heavy atom. The number of piperazine rings is 1. The van der Waals surface area contributed by atoms with Crippen LogP contribution in [-0.2, 0) is 16.5 Å². The van der Waals surface area contributed by atoms with Gasteiger partial charge in [-0.15, -0.1) is 0 Å². The summed E-state index contributed by atoms with van der Waals surface area (Å²) < 4.78 is 13.9. The van der Waals surface area contributed by atoms with E-state index in [2.05, 4.69) is 33.4 Å². The lowest BCUT2D eigenvalue weighted by Crippen LogP contribution is -2.50. The van der Waals surface area contributed by atoms with Crippen LogP contribution in [0.5, 0.6) is 0 Å². The van der Waals surface area contributed by atoms with E-state index in [4.69, 9.17) is 26.1 Å². The highest BCUT2D eigenvalue weighted by atomic mass is 35.5. The van der Waals surface area contributed by atoms with Crippen molar-refractivity contribution in [3.63, 3.8) is 0 Å². The predicted molar refractivity (Wildman–Crippen MR) is 178 cm³/mol. The molecule has 10 nitrogen and oxygen atoms in total. The van der Waals surface area contributed by atoms with Crippen molar-refractivity contribution in [1.82, 2.24) is 29.7 Å². The van der Waals surface area contributed by atoms with Gasteiger partial charge < -0.3 is 24.3 Å². The molecule has 2 atom stereocenters. The zero-order chi connectivity index (χ0) is 32.1. The van der Waals surface area contributed by atoms with Crippen LogP contribution >= 0.6 is 11.6 Å². The Morgan fingerprint density at radius 3 is 2.55 bits per heavy atom. The van der Waals surface area contributed by atoms with Crippen LogP contribution in [0.4, 0.5) is 9.59 Å². The number of hydrogen-bond donors (Lipinski definition) is 1. The molecule has 11 heteroatoms. The Morgan fingerprint density at radius 2 is 1.85 bits per heavy atom. The summed E-state index contributed by atoms with van der Waals surface area (Å²) in [6, 6.07) is 9.24. The number of alkyl carbamates (subject to hydrolysis) is 1. The summed E-state index contributed by atoms with van der Waals surface area (Å²) in [4.78, 5) is 40.2. The van der Waals surface area contributed by atoms with Gasteiger partial charge >= 0.3 is 12.2 Å². The molecule has 246 valence electrons. The van der Waals surface area contributed by atoms with Crippen LogP contribution in [0.2, 0.25) is 5.02 Å². The number of amides is 2. The summed E-state index contributed by atoms with van der Waals surface area (Å²) in [6.45, 7) is 2.47. The fourth-order valence-corrected chi connectivity index (χ4v) is 7.97. The maximum Gasteiger partial charge on any atom is 0.410 e. The minimum Gasteiger partial charge on any atom is -0.446 e. The summed E-state index contributed by atoms with van der Waals surface area (Å²) in [7, 11) is 1.93. The largest absolute Gasteiger partial charge is 0.446 e. The van der Waals surface area contributed by atoms with Gasteiger partial charge in [-0.2, -0.15) is 0 Å². The van der Waals surface area contributed by atoms with Crippen molar-refractivity contribution in [2.75, 3.05) is 26.2 Å². The molecule has 4 fully saturated rings. The Hall–Kier alpha value is -3.89. The van der Waals surface area contributed by atoms with E-state index in [0.717, 1.165) is 85.0 Å². The number of imidazole rings is 1. The number of rotatable bonds is 7. The number of pyridine rings is 1. The van der Waals surface area contributed by atoms with Crippen LogP contribution in [0.15, 0.2) is 49.1 Å². The molecule has 4 aliphatic carbocycles. The molecule has 1 saturated heterocycles. The smallest absolute Gasteiger partial charge is 0.410 e. The van der Waals surface area contributed by atoms with Crippen molar-refractivity contribution >= 4 is 35.4 Å². The lowest BCUT2D eigenvalue weighted by Gasteiger charge is -2.39. The molecule has 47 heavy (non-hydrogen) atoms. The SMILES string of the molecule is Cn1cncc1C(NC(=O)OC1(C2CC2)CC1)C1=Cc2cccnc2C(N2CCN(C(=O)OC3CCCC3)CC2)c2ccc(Cl)cc21. The second-order valence-corrected chi connectivity index (χ2v) is 14.2. The fraction of sp³-hybridized carbons (Fsp3) is 0.500. The van der Waals surface area contributed by atoms with Crippen molar-refractivity contribution in [1.29, 1.82) is 0 Å². The summed E-state index contributed by atoms with van der Waals surface area (Å²) in [6.07, 6.45) is 15.2. The number of nitrogens with one attached hydrogen (secondary N) is 1. The van der Waals surface area contributed by atoms with Gasteiger partial charge in [0.05, 0.1) is 36.0 Å². The van der Waals surface area contributed by atoms with E-state index >= 15 is 0 Å². The van der Waals surface area contributed by atoms with Crippen LogP contribution < -0.4 is 5.32 Å². The van der Waals surface area contributed by atoms with E-state index in [1.165, 1.54) is 0 Å². The number of ether oxygens (including phenoxy) is 2. The first-order valence-electron chi connectivity index (χ1n) is 17.0. The number of fused-ring (bicyclic) bond motifs is 2. The molecule has 0 bridgehead atoms. The van der Waals surface area contributed by atoms with Gasteiger partial charge in [0.25, 0.3) is 0 Å². The van der Waals surface area contributed by atoms with Crippen LogP contribution in [0.3, 0.4) is 0 Å². The lowest BCUT2D eigenvalue weighted by molar-refractivity contribution is 0.0433. The number of nitrogens with zero attached hydrogens (tertiary/aromatic N) is 5. The third-order valence-corrected chi connectivity index (χ3v) is 10.9. The molecule has 1 N–H and O–H groups in total. The van der Waals surface area contributed by atoms with Gasteiger partial charge in [-0.1, -0.05) is 23.7 Å². The molecule has 0 spiro atoms. The van der Waals surface area contributed by atoms with Gasteiger partial charge in [0.2, 0.25) is 0 Å². The zero-order valence-electron chi connectivity index (χ0n) is 26.7. The Balaban J connectivity index is 1.13. The van der Waals surface area contributed by atoms with Gasteiger partial charge in [-0.05, 0) is 104 Å². The predicted octanol–water partition coefficient (Wildman–Crippen LogP) is 6.52. The van der Waals surface area contributed by atoms with Crippen molar-refractivity contribution in [3.05, 3.63) is 82.2 Å². The Bertz CT molecular complexity index is 1700. The van der Waals surface area contributed by atoms with E-state index in [9.17, 15) is 9.59 Å². The van der Waals surface area contributed by atoms with Gasteiger partial charge in [0.1, 0.15) is 11.7 Å². The maximum absolute atomic E-state index is 13.6. The highest BCUT2D eigenvalue weighted by Crippen LogP contribution is 2.56. The van der Waals surface area contributed by atoms with E-state index in [-0.39, 0.29) is 23.8 Å². The molecule has 3 saturated carbocycles. The van der Waals surface area contributed by atoms with Crippen molar-refractivity contribution < 1.29 is 19.1 Å². The molecule has 2 unspecified atom stereocenters. The van der Waals surface area contributed by atoms with Crippen molar-refractivity contribution in [2.24, 2.45) is 13.0 Å². The van der Waals surface area contributed by atoms with Crippen LogP contribution in [0.1, 0.15) is 91.5 Å². The third-order valence-electron chi connectivity index (χ3n) is 10.7. The average Bonchev–Trinajstić information content (AvgIpc) is 3.98. The van der Waals surface area contributed by atoms with Gasteiger partial charge in [-0.3, -0.25) is 9.88 Å². The number of aromatic nitrogens is 3. The number of carbonyl (C=O) groups excluding carboxylic acids is 2. The number of halogens is 1. The maximum atomic E-state index is 13.6. The molecule has 0 radical (unpaired) electrons. The van der Waals surface area contributed by atoms with E-state index < -0.39 is 12.1 Å². The van der Waals surface area contributed by atoms with E-state index in [1.54, 1.807) is 12.5 Å². The molecule has 2 aromatic heterocycles. The van der Waals surface area contributed by atoms with Gasteiger partial charge in [0.15, 0.2) is 0 Å². The van der Waals surface area contributed by atoms with Crippen LogP contribution in [0, 0.1) is 5.92 Å². The first-order chi connectivity index (χ1) is 22.9. The monoisotopic (exact) mass is 656 g/mol. The normalized spacial score (nSPS) is 22.8. The molecule has 1 aliphatic heterocycles. The number of aryl methyl sites for hydroxylation is 1. The van der Waals surface area contributed by atoms with E-state index in [0.29, 0.717) is 37.1 Å². The lowest BCUT2D eigenvalue weighted by atomic mass is 9.90. The molecule has 5 aliphatic rings. The van der Waals surface area contributed by atoms with Crippen LogP contribution in [0.25, 0.3) is 11.6 Å². The van der Waals surface area contributed by atoms with Gasteiger partial charge in [-0.25, -0.2) is 14.6 Å². The first kappa shape index (κ1) is 30.4. The average molecular weight is 657 g/mol. The molecular weight excluding hydrogens is 616 g/mol. The molecule has 2 amide bonds. The summed E-state index contributed by atoms with van der Waals surface area (Å²) in [5, 5.41) is 3.85. The third kappa shape index (κ3) is 6.02. The quantitative estimate of drug-likeness (QED) is 0.309. The van der Waals surface area contributed by atoms with Crippen molar-refractivity contribution in [2.45, 2.75) is 75.2 Å². The minimum absolute atomic E-state index is 0.0429. The van der Waals surface area contributed by atoms with E-state index in [1.807, 2.05) is 40.9 Å². The summed E-state index contributed by atoms with van der Waals surface area (Å²) in [5.41, 5.74) is 5.25. The highest BCUT2D eigenvalue weighted by molar-refractivity contribution is 6.30. The molecule has 1 aromatic carbocycles.